The van der Waals surface area contributed by atoms with Crippen LogP contribution in [0.5, 0.6) is 0 Å². The Hall–Kier alpha value is -1.63. The van der Waals surface area contributed by atoms with Crippen molar-refractivity contribution in [2.24, 2.45) is 5.92 Å². The molecule has 1 aliphatic rings. The third kappa shape index (κ3) is 5.56. The number of hydrogen-bond donors (Lipinski definition) is 4. The Bertz CT molecular complexity index is 365. The van der Waals surface area contributed by atoms with Gasteiger partial charge in [0.15, 0.2) is 0 Å². The topological polar surface area (TPSA) is 108 Å². The molecule has 1 saturated heterocycles. The van der Waals surface area contributed by atoms with Crippen LogP contribution in [-0.4, -0.2) is 48.1 Å². The van der Waals surface area contributed by atoms with E-state index in [1.807, 2.05) is 13.8 Å². The van der Waals surface area contributed by atoms with Crippen molar-refractivity contribution < 1.29 is 19.5 Å². The lowest BCUT2D eigenvalue weighted by Crippen LogP contribution is -2.52. The molecule has 114 valence electrons. The van der Waals surface area contributed by atoms with E-state index in [1.54, 1.807) is 0 Å². The van der Waals surface area contributed by atoms with Gasteiger partial charge in [0.25, 0.3) is 0 Å². The highest BCUT2D eigenvalue weighted by molar-refractivity contribution is 5.91. The van der Waals surface area contributed by atoms with E-state index in [-0.39, 0.29) is 17.9 Å². The summed E-state index contributed by atoms with van der Waals surface area (Å²) in [5.41, 5.74) is 0. The molecule has 0 aromatic carbocycles. The maximum absolute atomic E-state index is 12.0. The maximum Gasteiger partial charge on any atom is 0.322 e. The van der Waals surface area contributed by atoms with Crippen LogP contribution in [-0.2, 0) is 14.4 Å². The quantitative estimate of drug-likeness (QED) is 0.503. The van der Waals surface area contributed by atoms with Gasteiger partial charge in [-0.15, -0.1) is 0 Å². The van der Waals surface area contributed by atoms with E-state index in [2.05, 4.69) is 16.0 Å². The maximum atomic E-state index is 12.0. The predicted octanol–water partition coefficient (Wildman–Crippen LogP) is -0.530. The molecule has 0 aromatic heterocycles. The van der Waals surface area contributed by atoms with Crippen LogP contribution >= 0.6 is 0 Å². The molecule has 0 unspecified atom stereocenters. The summed E-state index contributed by atoms with van der Waals surface area (Å²) in [5, 5.41) is 16.7. The first-order valence-corrected chi connectivity index (χ1v) is 6.93. The number of aliphatic carboxylic acids is 1. The molecule has 0 saturated carbocycles. The van der Waals surface area contributed by atoms with Gasteiger partial charge >= 0.3 is 5.97 Å². The van der Waals surface area contributed by atoms with Crippen LogP contribution in [0.15, 0.2) is 0 Å². The van der Waals surface area contributed by atoms with Crippen molar-refractivity contribution in [3.8, 4) is 0 Å². The molecule has 1 fully saturated rings. The fraction of sp³-hybridized carbons (Fsp3) is 0.769. The van der Waals surface area contributed by atoms with Crippen LogP contribution in [0.1, 0.15) is 33.1 Å². The number of carbonyl (C=O) groups is 3. The zero-order valence-corrected chi connectivity index (χ0v) is 11.9. The van der Waals surface area contributed by atoms with Crippen LogP contribution < -0.4 is 16.0 Å². The molecule has 1 aliphatic heterocycles. The zero-order valence-electron chi connectivity index (χ0n) is 11.9. The number of carbonyl (C=O) groups excluding carboxylic acids is 2. The largest absolute Gasteiger partial charge is 0.480 e. The average Bonchev–Trinajstić information content (AvgIpc) is 2.88. The van der Waals surface area contributed by atoms with Gasteiger partial charge in [-0.3, -0.25) is 14.4 Å². The molecule has 2 atom stereocenters. The summed E-state index contributed by atoms with van der Waals surface area (Å²) in [5.74, 6) is -1.54. The number of carboxylic acid groups (broad SMARTS) is 1. The molecule has 0 bridgehead atoms. The van der Waals surface area contributed by atoms with Gasteiger partial charge in [0.05, 0.1) is 6.04 Å². The highest BCUT2D eigenvalue weighted by atomic mass is 16.4. The summed E-state index contributed by atoms with van der Waals surface area (Å²) in [6.07, 6.45) is 2.18. The van der Waals surface area contributed by atoms with Gasteiger partial charge in [-0.2, -0.15) is 0 Å². The Labute approximate surface area is 118 Å². The molecular formula is C13H23N3O4. The molecule has 1 heterocycles. The van der Waals surface area contributed by atoms with Crippen molar-refractivity contribution in [3.63, 3.8) is 0 Å². The normalized spacial score (nSPS) is 19.6. The van der Waals surface area contributed by atoms with E-state index in [9.17, 15) is 14.4 Å². The van der Waals surface area contributed by atoms with Gasteiger partial charge in [-0.05, 0) is 31.7 Å². The van der Waals surface area contributed by atoms with Crippen LogP contribution in [0.25, 0.3) is 0 Å². The lowest BCUT2D eigenvalue weighted by Gasteiger charge is -2.21. The monoisotopic (exact) mass is 285 g/mol. The molecule has 7 nitrogen and oxygen atoms in total. The lowest BCUT2D eigenvalue weighted by atomic mass is 10.0. The highest BCUT2D eigenvalue weighted by Gasteiger charge is 2.27. The first-order chi connectivity index (χ1) is 9.40. The first-order valence-electron chi connectivity index (χ1n) is 6.93. The molecule has 0 aromatic rings. The molecule has 20 heavy (non-hydrogen) atoms. The minimum atomic E-state index is -1.11. The van der Waals surface area contributed by atoms with Crippen LogP contribution in [0.2, 0.25) is 0 Å². The smallest absolute Gasteiger partial charge is 0.322 e. The molecule has 0 spiro atoms. The number of carboxylic acids is 1. The van der Waals surface area contributed by atoms with E-state index in [0.717, 1.165) is 19.4 Å². The third-order valence-electron chi connectivity index (χ3n) is 3.13. The second-order valence-corrected chi connectivity index (χ2v) is 5.45. The van der Waals surface area contributed by atoms with Crippen molar-refractivity contribution in [1.29, 1.82) is 0 Å². The van der Waals surface area contributed by atoms with Gasteiger partial charge in [0.1, 0.15) is 12.6 Å². The summed E-state index contributed by atoms with van der Waals surface area (Å²) < 4.78 is 0. The van der Waals surface area contributed by atoms with E-state index in [1.165, 1.54) is 0 Å². The van der Waals surface area contributed by atoms with E-state index in [0.29, 0.717) is 6.42 Å². The van der Waals surface area contributed by atoms with Crippen molar-refractivity contribution in [2.45, 2.75) is 45.2 Å². The average molecular weight is 285 g/mol. The zero-order chi connectivity index (χ0) is 15.1. The summed E-state index contributed by atoms with van der Waals surface area (Å²) in [7, 11) is 0. The van der Waals surface area contributed by atoms with Gasteiger partial charge in [0, 0.05) is 0 Å². The molecule has 1 rings (SSSR count). The summed E-state index contributed by atoms with van der Waals surface area (Å²) >= 11 is 0. The summed E-state index contributed by atoms with van der Waals surface area (Å²) in [4.78, 5) is 34.4. The highest BCUT2D eigenvalue weighted by Crippen LogP contribution is 2.08. The predicted molar refractivity (Wildman–Crippen MR) is 73.1 cm³/mol. The number of amides is 2. The second-order valence-electron chi connectivity index (χ2n) is 5.45. The van der Waals surface area contributed by atoms with Crippen LogP contribution in [0.4, 0.5) is 0 Å². The van der Waals surface area contributed by atoms with Crippen molar-refractivity contribution in [1.82, 2.24) is 16.0 Å². The minimum Gasteiger partial charge on any atom is -0.480 e. The minimum absolute atomic E-state index is 0.196. The standard InChI is InChI=1S/C13H23N3O4/c1-8(2)6-10(12(19)15-7-11(17)18)16-13(20)9-4-3-5-14-9/h8-10,14H,3-7H2,1-2H3,(H,15,19)(H,16,20)(H,17,18)/t9-,10-/m0/s1. The molecule has 0 aliphatic carbocycles. The van der Waals surface area contributed by atoms with Crippen molar-refractivity contribution in [2.75, 3.05) is 13.1 Å². The Morgan fingerprint density at radius 3 is 2.55 bits per heavy atom. The third-order valence-corrected chi connectivity index (χ3v) is 3.13. The Balaban J connectivity index is 2.55. The Morgan fingerprint density at radius 2 is 2.05 bits per heavy atom. The van der Waals surface area contributed by atoms with E-state index in [4.69, 9.17) is 5.11 Å². The van der Waals surface area contributed by atoms with Gasteiger partial charge < -0.3 is 21.1 Å². The summed E-state index contributed by atoms with van der Waals surface area (Å²) in [6.45, 7) is 4.25. The number of rotatable bonds is 7. The first kappa shape index (κ1) is 16.4. The number of hydrogen-bond acceptors (Lipinski definition) is 4. The summed E-state index contributed by atoms with van der Waals surface area (Å²) in [6, 6.07) is -0.943. The molecule has 0 radical (unpaired) electrons. The second kappa shape index (κ2) is 7.84. The molecule has 4 N–H and O–H groups in total. The van der Waals surface area contributed by atoms with Crippen molar-refractivity contribution >= 4 is 17.8 Å². The Morgan fingerprint density at radius 1 is 1.35 bits per heavy atom. The molecular weight excluding hydrogens is 262 g/mol. The lowest BCUT2D eigenvalue weighted by molar-refractivity contribution is -0.138. The van der Waals surface area contributed by atoms with Gasteiger partial charge in [-0.1, -0.05) is 13.8 Å². The molecule has 7 heteroatoms. The molecule has 2 amide bonds. The van der Waals surface area contributed by atoms with Crippen molar-refractivity contribution in [3.05, 3.63) is 0 Å². The SMILES string of the molecule is CC(C)C[C@H](NC(=O)[C@@H]1CCCN1)C(=O)NCC(=O)O. The van der Waals surface area contributed by atoms with Crippen LogP contribution in [0, 0.1) is 5.92 Å². The number of nitrogens with one attached hydrogen (secondary N) is 3. The van der Waals surface area contributed by atoms with Gasteiger partial charge in [0.2, 0.25) is 11.8 Å². The van der Waals surface area contributed by atoms with E-state index < -0.39 is 24.5 Å². The fourth-order valence-electron chi connectivity index (χ4n) is 2.17. The fourth-order valence-corrected chi connectivity index (χ4v) is 2.17. The van der Waals surface area contributed by atoms with Gasteiger partial charge in [-0.25, -0.2) is 0 Å². The van der Waals surface area contributed by atoms with Crippen LogP contribution in [0.3, 0.4) is 0 Å². The van der Waals surface area contributed by atoms with E-state index >= 15 is 0 Å². The Kier molecular flexibility index (Phi) is 6.44.